The number of benzene rings is 1. The molecule has 1 saturated heterocycles. The lowest BCUT2D eigenvalue weighted by atomic mass is 10.1. The first-order chi connectivity index (χ1) is 13.7. The number of ether oxygens (including phenoxy) is 1. The van der Waals surface area contributed by atoms with Crippen molar-refractivity contribution in [3.63, 3.8) is 0 Å². The van der Waals surface area contributed by atoms with Crippen LogP contribution in [0.2, 0.25) is 0 Å². The smallest absolute Gasteiger partial charge is 0.321 e. The summed E-state index contributed by atoms with van der Waals surface area (Å²) in [5.41, 5.74) is 1.45. The van der Waals surface area contributed by atoms with E-state index in [1.807, 2.05) is 29.2 Å². The number of hydrogen-bond acceptors (Lipinski definition) is 3. The number of nitrogens with one attached hydrogen (secondary N) is 2. The predicted molar refractivity (Wildman–Crippen MR) is 109 cm³/mol. The fraction of sp³-hybridized carbons (Fsp3) is 0.636. The Hall–Kier alpha value is -2.08. The first kappa shape index (κ1) is 19.2. The second-order valence-corrected chi connectivity index (χ2v) is 8.46. The van der Waals surface area contributed by atoms with E-state index in [0.29, 0.717) is 18.2 Å². The standard InChI is InChI=1S/C22H31N3O3/c26-21(17-5-1-2-6-17)23-18-7-3-8-19(13-18)24-22(27)25(14-16-10-11-16)15-20-9-4-12-28-20/h3,7-8,13,16-17,20H,1-2,4-6,9-12,14-15H2,(H,23,26)(H,24,27). The van der Waals surface area contributed by atoms with E-state index in [1.165, 1.54) is 12.8 Å². The number of urea groups is 1. The molecule has 1 aliphatic heterocycles. The average Bonchev–Trinajstić information content (AvgIpc) is 3.13. The maximum absolute atomic E-state index is 12.9. The maximum Gasteiger partial charge on any atom is 0.321 e. The Labute approximate surface area is 167 Å². The molecule has 2 N–H and O–H groups in total. The van der Waals surface area contributed by atoms with Crippen molar-refractivity contribution in [1.82, 2.24) is 4.90 Å². The minimum atomic E-state index is -0.0818. The minimum absolute atomic E-state index is 0.0818. The molecule has 3 aliphatic rings. The van der Waals surface area contributed by atoms with Crippen LogP contribution in [0.1, 0.15) is 51.4 Å². The fourth-order valence-corrected chi connectivity index (χ4v) is 4.20. The summed E-state index contributed by atoms with van der Waals surface area (Å²) in [6.07, 6.45) is 8.88. The van der Waals surface area contributed by atoms with E-state index < -0.39 is 0 Å². The summed E-state index contributed by atoms with van der Waals surface area (Å²) in [6, 6.07) is 7.36. The molecule has 6 heteroatoms. The summed E-state index contributed by atoms with van der Waals surface area (Å²) >= 11 is 0. The van der Waals surface area contributed by atoms with Gasteiger partial charge < -0.3 is 20.3 Å². The minimum Gasteiger partial charge on any atom is -0.376 e. The van der Waals surface area contributed by atoms with E-state index in [9.17, 15) is 9.59 Å². The summed E-state index contributed by atoms with van der Waals surface area (Å²) in [6.45, 7) is 2.25. The molecule has 2 aliphatic carbocycles. The Morgan fingerprint density at radius 2 is 1.71 bits per heavy atom. The molecule has 1 aromatic carbocycles. The SMILES string of the molecule is O=C(Nc1cccc(NC(=O)N(CC2CC2)CC2CCCO2)c1)C1CCCC1. The summed E-state index contributed by atoms with van der Waals surface area (Å²) < 4.78 is 5.73. The normalized spacial score (nSPS) is 22.2. The Morgan fingerprint density at radius 3 is 2.39 bits per heavy atom. The highest BCUT2D eigenvalue weighted by molar-refractivity contribution is 5.94. The molecule has 3 fully saturated rings. The van der Waals surface area contributed by atoms with Gasteiger partial charge in [0.05, 0.1) is 6.10 Å². The molecule has 0 spiro atoms. The third-order valence-electron chi connectivity index (χ3n) is 6.02. The van der Waals surface area contributed by atoms with Gasteiger partial charge in [-0.15, -0.1) is 0 Å². The van der Waals surface area contributed by atoms with Crippen LogP contribution >= 0.6 is 0 Å². The summed E-state index contributed by atoms with van der Waals surface area (Å²) in [4.78, 5) is 27.1. The molecule has 0 radical (unpaired) electrons. The van der Waals surface area contributed by atoms with Crippen molar-refractivity contribution >= 4 is 23.3 Å². The molecule has 0 aromatic heterocycles. The Kier molecular flexibility index (Phi) is 6.15. The van der Waals surface area contributed by atoms with Crippen LogP contribution in [-0.4, -0.2) is 42.6 Å². The van der Waals surface area contributed by atoms with Crippen molar-refractivity contribution in [2.75, 3.05) is 30.3 Å². The second-order valence-electron chi connectivity index (χ2n) is 8.46. The first-order valence-corrected chi connectivity index (χ1v) is 10.8. The van der Waals surface area contributed by atoms with Gasteiger partial charge in [0.2, 0.25) is 5.91 Å². The van der Waals surface area contributed by atoms with Crippen LogP contribution in [-0.2, 0) is 9.53 Å². The number of hydrogen-bond donors (Lipinski definition) is 2. The molecule has 6 nitrogen and oxygen atoms in total. The second kappa shape index (κ2) is 8.95. The molecule has 152 valence electrons. The van der Waals surface area contributed by atoms with Gasteiger partial charge in [0, 0.05) is 37.0 Å². The van der Waals surface area contributed by atoms with Crippen molar-refractivity contribution in [1.29, 1.82) is 0 Å². The zero-order chi connectivity index (χ0) is 19.3. The quantitative estimate of drug-likeness (QED) is 0.737. The van der Waals surface area contributed by atoms with Gasteiger partial charge in [-0.2, -0.15) is 0 Å². The Balaban J connectivity index is 1.35. The van der Waals surface area contributed by atoms with Gasteiger partial charge in [0.1, 0.15) is 0 Å². The van der Waals surface area contributed by atoms with E-state index in [0.717, 1.165) is 57.4 Å². The average molecular weight is 386 g/mol. The van der Waals surface area contributed by atoms with Crippen molar-refractivity contribution in [2.45, 2.75) is 57.5 Å². The van der Waals surface area contributed by atoms with Crippen LogP contribution in [0, 0.1) is 11.8 Å². The lowest BCUT2D eigenvalue weighted by molar-refractivity contribution is -0.119. The molecule has 4 rings (SSSR count). The van der Waals surface area contributed by atoms with E-state index in [4.69, 9.17) is 4.74 Å². The molecule has 1 aromatic rings. The van der Waals surface area contributed by atoms with Gasteiger partial charge in [0.25, 0.3) is 0 Å². The number of carbonyl (C=O) groups excluding carboxylic acids is 2. The van der Waals surface area contributed by atoms with Gasteiger partial charge in [0.15, 0.2) is 0 Å². The number of rotatable bonds is 7. The van der Waals surface area contributed by atoms with Gasteiger partial charge in [-0.05, 0) is 62.6 Å². The maximum atomic E-state index is 12.9. The van der Waals surface area contributed by atoms with Crippen molar-refractivity contribution < 1.29 is 14.3 Å². The lowest BCUT2D eigenvalue weighted by Crippen LogP contribution is -2.41. The van der Waals surface area contributed by atoms with E-state index in [1.54, 1.807) is 0 Å². The summed E-state index contributed by atoms with van der Waals surface area (Å²) in [5, 5.41) is 6.02. The van der Waals surface area contributed by atoms with Crippen LogP contribution in [0.4, 0.5) is 16.2 Å². The summed E-state index contributed by atoms with van der Waals surface area (Å²) in [5.74, 6) is 0.845. The van der Waals surface area contributed by atoms with E-state index >= 15 is 0 Å². The number of amides is 3. The largest absolute Gasteiger partial charge is 0.376 e. The van der Waals surface area contributed by atoms with Gasteiger partial charge in [-0.3, -0.25) is 4.79 Å². The van der Waals surface area contributed by atoms with Crippen molar-refractivity contribution in [3.8, 4) is 0 Å². The third-order valence-corrected chi connectivity index (χ3v) is 6.02. The van der Waals surface area contributed by atoms with E-state index in [-0.39, 0.29) is 24.0 Å². The van der Waals surface area contributed by atoms with E-state index in [2.05, 4.69) is 10.6 Å². The molecular formula is C22H31N3O3. The van der Waals surface area contributed by atoms with Crippen molar-refractivity contribution in [3.05, 3.63) is 24.3 Å². The Morgan fingerprint density at radius 1 is 0.964 bits per heavy atom. The lowest BCUT2D eigenvalue weighted by Gasteiger charge is -2.26. The molecule has 1 heterocycles. The zero-order valence-corrected chi connectivity index (χ0v) is 16.5. The molecular weight excluding hydrogens is 354 g/mol. The van der Waals surface area contributed by atoms with Crippen LogP contribution in [0.25, 0.3) is 0 Å². The first-order valence-electron chi connectivity index (χ1n) is 10.8. The molecule has 3 amide bonds. The highest BCUT2D eigenvalue weighted by atomic mass is 16.5. The van der Waals surface area contributed by atoms with Gasteiger partial charge >= 0.3 is 6.03 Å². The van der Waals surface area contributed by atoms with Crippen LogP contribution < -0.4 is 10.6 Å². The topological polar surface area (TPSA) is 70.7 Å². The Bertz CT molecular complexity index is 692. The molecule has 0 bridgehead atoms. The number of nitrogens with zero attached hydrogens (tertiary/aromatic N) is 1. The van der Waals surface area contributed by atoms with Crippen LogP contribution in [0.3, 0.4) is 0 Å². The molecule has 2 saturated carbocycles. The molecule has 1 unspecified atom stereocenters. The highest BCUT2D eigenvalue weighted by Gasteiger charge is 2.29. The fourth-order valence-electron chi connectivity index (χ4n) is 4.20. The number of carbonyl (C=O) groups is 2. The predicted octanol–water partition coefficient (Wildman–Crippen LogP) is 4.24. The summed E-state index contributed by atoms with van der Waals surface area (Å²) in [7, 11) is 0. The van der Waals surface area contributed by atoms with Crippen molar-refractivity contribution in [2.24, 2.45) is 11.8 Å². The van der Waals surface area contributed by atoms with Crippen LogP contribution in [0.5, 0.6) is 0 Å². The van der Waals surface area contributed by atoms with Gasteiger partial charge in [-0.1, -0.05) is 18.9 Å². The monoisotopic (exact) mass is 385 g/mol. The zero-order valence-electron chi connectivity index (χ0n) is 16.5. The number of anilines is 2. The molecule has 28 heavy (non-hydrogen) atoms. The van der Waals surface area contributed by atoms with Gasteiger partial charge in [-0.25, -0.2) is 4.79 Å². The third kappa shape index (κ3) is 5.25. The van der Waals surface area contributed by atoms with Crippen LogP contribution in [0.15, 0.2) is 24.3 Å². The highest BCUT2D eigenvalue weighted by Crippen LogP contribution is 2.31. The molecule has 1 atom stereocenters.